The summed E-state index contributed by atoms with van der Waals surface area (Å²) in [5, 5.41) is 3.56. The van der Waals surface area contributed by atoms with Gasteiger partial charge in [-0.2, -0.15) is 8.42 Å². The molecule has 0 aliphatic carbocycles. The monoisotopic (exact) mass is 531 g/mol. The molecule has 12 nitrogen and oxygen atoms in total. The standard InChI is InChI=1S/C23H37N3O9S/c1-20-5-7-22(8-6-20)36(27,28)35-17-15-31-13-11-29-10-12-30-14-16-32-21(18-25-26-24)19-34-23-4-2-3-9-33-23/h5-8,21,23H,2-4,9-19H2,1H3/t21-,23?/m0/s1. The molecule has 1 aromatic rings. The molecule has 0 bridgehead atoms. The van der Waals surface area contributed by atoms with Gasteiger partial charge in [-0.3, -0.25) is 4.18 Å². The molecule has 0 aromatic heterocycles. The lowest BCUT2D eigenvalue weighted by molar-refractivity contribution is -0.179. The van der Waals surface area contributed by atoms with Crippen LogP contribution in [-0.2, 0) is 42.7 Å². The second-order valence-electron chi connectivity index (χ2n) is 7.96. The van der Waals surface area contributed by atoms with E-state index < -0.39 is 10.1 Å². The van der Waals surface area contributed by atoms with Gasteiger partial charge in [0.05, 0.1) is 77.0 Å². The number of rotatable bonds is 20. The van der Waals surface area contributed by atoms with Gasteiger partial charge in [-0.15, -0.1) is 0 Å². The molecule has 2 atom stereocenters. The largest absolute Gasteiger partial charge is 0.377 e. The van der Waals surface area contributed by atoms with Gasteiger partial charge in [-0.1, -0.05) is 22.8 Å². The van der Waals surface area contributed by atoms with Crippen molar-refractivity contribution in [2.45, 2.75) is 43.5 Å². The van der Waals surface area contributed by atoms with Crippen LogP contribution >= 0.6 is 0 Å². The first-order valence-corrected chi connectivity index (χ1v) is 13.5. The summed E-state index contributed by atoms with van der Waals surface area (Å²) in [7, 11) is -3.78. The van der Waals surface area contributed by atoms with E-state index in [0.717, 1.165) is 24.8 Å². The number of benzene rings is 1. The number of hydrogen-bond donors (Lipinski definition) is 0. The Labute approximate surface area is 212 Å². The smallest absolute Gasteiger partial charge is 0.297 e. The highest BCUT2D eigenvalue weighted by Gasteiger charge is 2.17. The van der Waals surface area contributed by atoms with Crippen LogP contribution in [0.3, 0.4) is 0 Å². The van der Waals surface area contributed by atoms with Gasteiger partial charge in [-0.05, 0) is 43.9 Å². The zero-order valence-electron chi connectivity index (χ0n) is 20.8. The van der Waals surface area contributed by atoms with Crippen molar-refractivity contribution >= 4 is 10.1 Å². The fourth-order valence-corrected chi connectivity index (χ4v) is 4.02. The molecular formula is C23H37N3O9S. The summed E-state index contributed by atoms with van der Waals surface area (Å²) >= 11 is 0. The number of nitrogens with zero attached hydrogens (tertiary/aromatic N) is 3. The zero-order chi connectivity index (χ0) is 25.9. The predicted molar refractivity (Wildman–Crippen MR) is 130 cm³/mol. The molecule has 1 aliphatic heterocycles. The molecule has 1 aliphatic rings. The van der Waals surface area contributed by atoms with E-state index in [2.05, 4.69) is 10.0 Å². The van der Waals surface area contributed by atoms with Crippen LogP contribution in [0.5, 0.6) is 0 Å². The second kappa shape index (κ2) is 18.4. The summed E-state index contributed by atoms with van der Waals surface area (Å²) in [6.07, 6.45) is 2.38. The molecule has 13 heteroatoms. The lowest BCUT2D eigenvalue weighted by Crippen LogP contribution is -2.30. The third kappa shape index (κ3) is 13.5. The number of aryl methyl sites for hydroxylation is 1. The van der Waals surface area contributed by atoms with E-state index in [4.69, 9.17) is 38.1 Å². The number of ether oxygens (including phenoxy) is 6. The summed E-state index contributed by atoms with van der Waals surface area (Å²) < 4.78 is 62.2. The van der Waals surface area contributed by atoms with E-state index in [9.17, 15) is 8.42 Å². The molecule has 36 heavy (non-hydrogen) atoms. The van der Waals surface area contributed by atoms with Gasteiger partial charge in [0.1, 0.15) is 0 Å². The van der Waals surface area contributed by atoms with Crippen LogP contribution in [0.2, 0.25) is 0 Å². The van der Waals surface area contributed by atoms with Gasteiger partial charge in [0.25, 0.3) is 10.1 Å². The molecule has 0 amide bonds. The average Bonchev–Trinajstić information content (AvgIpc) is 2.88. The Hall–Kier alpha value is -1.80. The van der Waals surface area contributed by atoms with E-state index >= 15 is 0 Å². The first-order valence-electron chi connectivity index (χ1n) is 12.1. The number of hydrogen-bond acceptors (Lipinski definition) is 10. The molecule has 1 fully saturated rings. The molecule has 1 aromatic carbocycles. The SMILES string of the molecule is Cc1ccc(S(=O)(=O)OCCOCCOCCOCCO[C@@H](CN=[N+]=[N-])COC2CCCCO2)cc1. The van der Waals surface area contributed by atoms with Gasteiger partial charge < -0.3 is 28.4 Å². The fraction of sp³-hybridized carbons (Fsp3) is 0.739. The highest BCUT2D eigenvalue weighted by Crippen LogP contribution is 2.14. The summed E-state index contributed by atoms with van der Waals surface area (Å²) in [6.45, 7) is 5.21. The molecule has 0 radical (unpaired) electrons. The van der Waals surface area contributed by atoms with Crippen LogP contribution in [0.4, 0.5) is 0 Å². The predicted octanol–water partition coefficient (Wildman–Crippen LogP) is 2.99. The van der Waals surface area contributed by atoms with Crippen LogP contribution in [0, 0.1) is 6.92 Å². The molecular weight excluding hydrogens is 494 g/mol. The Kier molecular flexibility index (Phi) is 15.6. The van der Waals surface area contributed by atoms with Crippen molar-refractivity contribution in [3.05, 3.63) is 40.3 Å². The minimum absolute atomic E-state index is 0.0707. The Balaban J connectivity index is 1.42. The minimum atomic E-state index is -3.78. The van der Waals surface area contributed by atoms with Crippen molar-refractivity contribution in [1.82, 2.24) is 0 Å². The molecule has 0 saturated carbocycles. The molecule has 0 N–H and O–H groups in total. The van der Waals surface area contributed by atoms with Gasteiger partial charge >= 0.3 is 0 Å². The quantitative estimate of drug-likeness (QED) is 0.0814. The molecule has 204 valence electrons. The molecule has 1 unspecified atom stereocenters. The maximum Gasteiger partial charge on any atom is 0.297 e. The van der Waals surface area contributed by atoms with Crippen LogP contribution in [-0.4, -0.2) is 93.4 Å². The first kappa shape index (κ1) is 30.4. The van der Waals surface area contributed by atoms with Crippen LogP contribution < -0.4 is 0 Å². The summed E-state index contributed by atoms with van der Waals surface area (Å²) in [5.74, 6) is 0. The van der Waals surface area contributed by atoms with E-state index in [1.54, 1.807) is 12.1 Å². The van der Waals surface area contributed by atoms with Crippen LogP contribution in [0.1, 0.15) is 24.8 Å². The van der Waals surface area contributed by atoms with Gasteiger partial charge in [0, 0.05) is 11.5 Å². The molecule has 0 spiro atoms. The van der Waals surface area contributed by atoms with Gasteiger partial charge in [-0.25, -0.2) is 0 Å². The Morgan fingerprint density at radius 1 is 1.00 bits per heavy atom. The maximum absolute atomic E-state index is 12.1. The Bertz CT molecular complexity index is 858. The van der Waals surface area contributed by atoms with E-state index in [1.807, 2.05) is 6.92 Å². The Morgan fingerprint density at radius 2 is 1.64 bits per heavy atom. The highest BCUT2D eigenvalue weighted by molar-refractivity contribution is 7.86. The molecule has 1 saturated heterocycles. The lowest BCUT2D eigenvalue weighted by Gasteiger charge is -2.25. The topological polar surface area (TPSA) is 148 Å². The third-order valence-electron chi connectivity index (χ3n) is 5.06. The zero-order valence-corrected chi connectivity index (χ0v) is 21.6. The molecule has 1 heterocycles. The van der Waals surface area contributed by atoms with Crippen molar-refractivity contribution < 1.29 is 41.0 Å². The minimum Gasteiger partial charge on any atom is -0.377 e. The van der Waals surface area contributed by atoms with Crippen molar-refractivity contribution in [2.75, 3.05) is 72.6 Å². The first-order chi connectivity index (χ1) is 17.5. The van der Waals surface area contributed by atoms with Gasteiger partial charge in [0.15, 0.2) is 6.29 Å². The summed E-state index contributed by atoms with van der Waals surface area (Å²) in [6, 6.07) is 6.45. The van der Waals surface area contributed by atoms with Crippen molar-refractivity contribution in [3.8, 4) is 0 Å². The molecule has 2 rings (SSSR count). The summed E-state index contributed by atoms with van der Waals surface area (Å²) in [4.78, 5) is 2.89. The van der Waals surface area contributed by atoms with Crippen molar-refractivity contribution in [1.29, 1.82) is 0 Å². The fourth-order valence-electron chi connectivity index (χ4n) is 3.13. The maximum atomic E-state index is 12.1. The highest BCUT2D eigenvalue weighted by atomic mass is 32.2. The lowest BCUT2D eigenvalue weighted by atomic mass is 10.2. The van der Waals surface area contributed by atoms with Crippen LogP contribution in [0.25, 0.3) is 10.4 Å². The summed E-state index contributed by atoms with van der Waals surface area (Å²) in [5.41, 5.74) is 9.52. The Morgan fingerprint density at radius 3 is 2.25 bits per heavy atom. The van der Waals surface area contributed by atoms with Crippen molar-refractivity contribution in [2.24, 2.45) is 5.11 Å². The normalized spacial score (nSPS) is 17.0. The second-order valence-corrected chi connectivity index (χ2v) is 9.58. The van der Waals surface area contributed by atoms with Crippen LogP contribution in [0.15, 0.2) is 34.3 Å². The van der Waals surface area contributed by atoms with E-state index in [-0.39, 0.29) is 43.7 Å². The average molecular weight is 532 g/mol. The van der Waals surface area contributed by atoms with E-state index in [0.29, 0.717) is 46.2 Å². The number of azide groups is 1. The van der Waals surface area contributed by atoms with Crippen molar-refractivity contribution in [3.63, 3.8) is 0 Å². The third-order valence-corrected chi connectivity index (χ3v) is 6.38. The van der Waals surface area contributed by atoms with E-state index in [1.165, 1.54) is 12.1 Å². The van der Waals surface area contributed by atoms with Gasteiger partial charge in [0.2, 0.25) is 0 Å².